The van der Waals surface area contributed by atoms with Gasteiger partial charge in [-0.05, 0) is 43.5 Å². The maximum absolute atomic E-state index is 13.5. The molecular weight excluding hydrogens is 333 g/mol. The number of carbonyl (C=O) groups is 1. The summed E-state index contributed by atoms with van der Waals surface area (Å²) in [5.41, 5.74) is 1.99. The van der Waals surface area contributed by atoms with Crippen molar-refractivity contribution in [1.82, 2.24) is 20.5 Å². The Labute approximate surface area is 152 Å². The molecule has 0 spiro atoms. The number of hydrogen-bond acceptors (Lipinski definition) is 2. The molecule has 1 saturated heterocycles. The number of benzene rings is 1. The van der Waals surface area contributed by atoms with Crippen molar-refractivity contribution >= 4 is 22.8 Å². The molecule has 1 unspecified atom stereocenters. The summed E-state index contributed by atoms with van der Waals surface area (Å²) in [6, 6.07) is 4.98. The molecule has 1 aromatic heterocycles. The number of amides is 1. The molecule has 2 heterocycles. The highest BCUT2D eigenvalue weighted by Gasteiger charge is 2.23. The number of aromatic nitrogens is 1. The Balaban J connectivity index is 1.61. The Morgan fingerprint density at radius 1 is 1.46 bits per heavy atom. The van der Waals surface area contributed by atoms with Crippen LogP contribution in [0.25, 0.3) is 10.9 Å². The number of hydrogen-bond donors (Lipinski definition) is 3. The Morgan fingerprint density at radius 2 is 2.31 bits per heavy atom. The normalized spacial score (nSPS) is 18.4. The van der Waals surface area contributed by atoms with Gasteiger partial charge in [0.1, 0.15) is 5.82 Å². The van der Waals surface area contributed by atoms with Crippen LogP contribution in [0.2, 0.25) is 0 Å². The zero-order chi connectivity index (χ0) is 18.5. The van der Waals surface area contributed by atoms with Gasteiger partial charge in [-0.3, -0.25) is 9.79 Å². The molecule has 3 N–H and O–H groups in total. The lowest BCUT2D eigenvalue weighted by atomic mass is 10.1. The van der Waals surface area contributed by atoms with E-state index in [1.54, 1.807) is 17.0 Å². The number of aliphatic imine (C=N–C) groups is 1. The Hall–Kier alpha value is -2.57. The van der Waals surface area contributed by atoms with Gasteiger partial charge in [-0.2, -0.15) is 0 Å². The molecule has 1 aliphatic heterocycles. The molecule has 3 rings (SSSR count). The van der Waals surface area contributed by atoms with Gasteiger partial charge in [0.2, 0.25) is 5.91 Å². The molecule has 140 valence electrons. The van der Waals surface area contributed by atoms with Gasteiger partial charge in [0.25, 0.3) is 0 Å². The molecule has 1 atom stereocenters. The minimum Gasteiger partial charge on any atom is -0.361 e. The first kappa shape index (κ1) is 18.2. The number of H-pyrrole nitrogens is 1. The number of nitrogens with zero attached hydrogens (tertiary/aromatic N) is 2. The molecule has 0 bridgehead atoms. The topological polar surface area (TPSA) is 72.5 Å². The largest absolute Gasteiger partial charge is 0.361 e. The summed E-state index contributed by atoms with van der Waals surface area (Å²) in [4.78, 5) is 21.2. The van der Waals surface area contributed by atoms with Crippen molar-refractivity contribution in [3.63, 3.8) is 0 Å². The highest BCUT2D eigenvalue weighted by atomic mass is 19.1. The second-order valence-electron chi connectivity index (χ2n) is 6.67. The van der Waals surface area contributed by atoms with Crippen LogP contribution in [0.3, 0.4) is 0 Å². The van der Waals surface area contributed by atoms with Crippen molar-refractivity contribution in [1.29, 1.82) is 0 Å². The van der Waals surface area contributed by atoms with E-state index in [-0.39, 0.29) is 17.8 Å². The maximum atomic E-state index is 13.5. The lowest BCUT2D eigenvalue weighted by Gasteiger charge is -2.31. The number of rotatable bonds is 5. The highest BCUT2D eigenvalue weighted by Crippen LogP contribution is 2.19. The molecule has 2 aromatic rings. The highest BCUT2D eigenvalue weighted by molar-refractivity contribution is 5.83. The second-order valence-corrected chi connectivity index (χ2v) is 6.67. The summed E-state index contributed by atoms with van der Waals surface area (Å²) >= 11 is 0. The quantitative estimate of drug-likeness (QED) is 0.565. The Kier molecular flexibility index (Phi) is 5.75. The summed E-state index contributed by atoms with van der Waals surface area (Å²) in [5, 5.41) is 7.57. The number of fused-ring (bicyclic) bond motifs is 1. The van der Waals surface area contributed by atoms with Crippen LogP contribution in [0.1, 0.15) is 25.3 Å². The van der Waals surface area contributed by atoms with E-state index in [9.17, 15) is 9.18 Å². The molecule has 1 aromatic carbocycles. The summed E-state index contributed by atoms with van der Waals surface area (Å²) in [6.45, 7) is 4.08. The smallest absolute Gasteiger partial charge is 0.222 e. The molecule has 7 heteroatoms. The van der Waals surface area contributed by atoms with E-state index in [1.807, 2.05) is 20.2 Å². The van der Waals surface area contributed by atoms with Crippen LogP contribution in [0, 0.1) is 5.82 Å². The van der Waals surface area contributed by atoms with Crippen LogP contribution in [0.4, 0.5) is 4.39 Å². The van der Waals surface area contributed by atoms with Crippen LogP contribution in [0.15, 0.2) is 29.4 Å². The van der Waals surface area contributed by atoms with E-state index < -0.39 is 0 Å². The van der Waals surface area contributed by atoms with Gasteiger partial charge in [-0.1, -0.05) is 0 Å². The van der Waals surface area contributed by atoms with E-state index in [0.29, 0.717) is 19.5 Å². The molecular formula is C19H26FN5O. The first-order valence-electron chi connectivity index (χ1n) is 9.11. The molecule has 6 nitrogen and oxygen atoms in total. The Morgan fingerprint density at radius 3 is 3.08 bits per heavy atom. The van der Waals surface area contributed by atoms with E-state index in [0.717, 1.165) is 41.8 Å². The number of aromatic amines is 1. The average molecular weight is 359 g/mol. The number of nitrogens with one attached hydrogen (secondary N) is 3. The van der Waals surface area contributed by atoms with Gasteiger partial charge < -0.3 is 20.5 Å². The molecule has 0 radical (unpaired) electrons. The third-order valence-corrected chi connectivity index (χ3v) is 4.69. The number of likely N-dealkylation sites (tertiary alicyclic amines) is 1. The van der Waals surface area contributed by atoms with Gasteiger partial charge in [0, 0.05) is 56.2 Å². The van der Waals surface area contributed by atoms with Gasteiger partial charge in [-0.25, -0.2) is 4.39 Å². The number of guanidine groups is 1. The minimum atomic E-state index is -0.229. The van der Waals surface area contributed by atoms with Crippen LogP contribution >= 0.6 is 0 Å². The van der Waals surface area contributed by atoms with Crippen LogP contribution in [0.5, 0.6) is 0 Å². The van der Waals surface area contributed by atoms with Crippen molar-refractivity contribution in [3.05, 3.63) is 35.8 Å². The van der Waals surface area contributed by atoms with Gasteiger partial charge in [0.15, 0.2) is 5.96 Å². The third kappa shape index (κ3) is 4.33. The monoisotopic (exact) mass is 359 g/mol. The fourth-order valence-electron chi connectivity index (χ4n) is 3.29. The van der Waals surface area contributed by atoms with E-state index >= 15 is 0 Å². The maximum Gasteiger partial charge on any atom is 0.222 e. The molecule has 1 aliphatic rings. The van der Waals surface area contributed by atoms with Crippen molar-refractivity contribution in [3.8, 4) is 0 Å². The van der Waals surface area contributed by atoms with E-state index in [2.05, 4.69) is 20.6 Å². The molecule has 26 heavy (non-hydrogen) atoms. The fourth-order valence-corrected chi connectivity index (χ4v) is 3.29. The summed E-state index contributed by atoms with van der Waals surface area (Å²) in [5.74, 6) is 0.718. The second kappa shape index (κ2) is 8.21. The first-order valence-corrected chi connectivity index (χ1v) is 9.11. The lowest BCUT2D eigenvalue weighted by Crippen LogP contribution is -2.51. The lowest BCUT2D eigenvalue weighted by molar-refractivity contribution is -0.132. The zero-order valence-corrected chi connectivity index (χ0v) is 15.3. The van der Waals surface area contributed by atoms with Gasteiger partial charge in [0.05, 0.1) is 0 Å². The molecule has 1 amide bonds. The summed E-state index contributed by atoms with van der Waals surface area (Å²) in [6.07, 6.45) is 4.02. The third-order valence-electron chi connectivity index (χ3n) is 4.69. The fraction of sp³-hybridized carbons (Fsp3) is 0.474. The minimum absolute atomic E-state index is 0.191. The Bertz CT molecular complexity index is 800. The first-order chi connectivity index (χ1) is 12.6. The number of halogens is 1. The van der Waals surface area contributed by atoms with E-state index in [4.69, 9.17) is 0 Å². The van der Waals surface area contributed by atoms with Crippen LogP contribution < -0.4 is 10.6 Å². The molecule has 1 fully saturated rings. The number of likely N-dealkylation sites (N-methyl/N-ethyl adjacent to an activating group) is 1. The van der Waals surface area contributed by atoms with Crippen molar-refractivity contribution in [2.45, 2.75) is 32.2 Å². The molecule has 0 aliphatic carbocycles. The standard InChI is InChI=1S/C19H26FN5O/c1-3-21-19(24-15-5-7-18(26)25(2)12-15)22-9-8-13-11-23-17-6-4-14(20)10-16(13)17/h4,6,10-11,15,23H,3,5,7-9,12H2,1-2H3,(H2,21,22,24). The SMILES string of the molecule is CCNC(=NCCc1c[nH]c2ccc(F)cc12)NC1CCC(=O)N(C)C1. The van der Waals surface area contributed by atoms with E-state index in [1.165, 1.54) is 6.07 Å². The van der Waals surface area contributed by atoms with Gasteiger partial charge in [-0.15, -0.1) is 0 Å². The molecule has 0 saturated carbocycles. The van der Waals surface area contributed by atoms with Crippen molar-refractivity contribution in [2.24, 2.45) is 4.99 Å². The van der Waals surface area contributed by atoms with Crippen molar-refractivity contribution in [2.75, 3.05) is 26.7 Å². The number of piperidine rings is 1. The summed E-state index contributed by atoms with van der Waals surface area (Å²) < 4.78 is 13.5. The zero-order valence-electron chi connectivity index (χ0n) is 15.3. The predicted molar refractivity (Wildman–Crippen MR) is 102 cm³/mol. The summed E-state index contributed by atoms with van der Waals surface area (Å²) in [7, 11) is 1.83. The number of carbonyl (C=O) groups excluding carboxylic acids is 1. The van der Waals surface area contributed by atoms with Crippen molar-refractivity contribution < 1.29 is 9.18 Å². The van der Waals surface area contributed by atoms with Crippen LogP contribution in [-0.2, 0) is 11.2 Å². The van der Waals surface area contributed by atoms with Gasteiger partial charge >= 0.3 is 0 Å². The average Bonchev–Trinajstić information content (AvgIpc) is 3.00. The predicted octanol–water partition coefficient (Wildman–Crippen LogP) is 2.03. The van der Waals surface area contributed by atoms with Crippen LogP contribution in [-0.4, -0.2) is 54.5 Å².